The molecule has 2 aromatic carbocycles. The summed E-state index contributed by atoms with van der Waals surface area (Å²) in [6.45, 7) is 4.10. The summed E-state index contributed by atoms with van der Waals surface area (Å²) in [6, 6.07) is 15.5. The number of hydrogen-bond donors (Lipinski definition) is 0. The van der Waals surface area contributed by atoms with Gasteiger partial charge in [0.1, 0.15) is 5.92 Å². The van der Waals surface area contributed by atoms with Crippen molar-refractivity contribution < 1.29 is 14.3 Å². The molecule has 0 saturated carbocycles. The first-order valence-corrected chi connectivity index (χ1v) is 7.82. The zero-order valence-electron chi connectivity index (χ0n) is 13.6. The lowest BCUT2D eigenvalue weighted by atomic mass is 9.65. The number of carbonyl (C=O) groups is 2. The van der Waals surface area contributed by atoms with Gasteiger partial charge in [0.15, 0.2) is 5.78 Å². The third-order valence-corrected chi connectivity index (χ3v) is 4.90. The molecule has 1 aliphatic carbocycles. The maximum absolute atomic E-state index is 13.0. The fourth-order valence-corrected chi connectivity index (χ4v) is 3.72. The molecule has 0 aliphatic heterocycles. The second-order valence-corrected chi connectivity index (χ2v) is 6.12. The molecule has 3 atom stereocenters. The first-order valence-electron chi connectivity index (χ1n) is 7.82. The van der Waals surface area contributed by atoms with Crippen LogP contribution in [0.25, 0.3) is 0 Å². The smallest absolute Gasteiger partial charge is 0.317 e. The third-order valence-electron chi connectivity index (χ3n) is 4.90. The van der Waals surface area contributed by atoms with Crippen molar-refractivity contribution in [1.82, 2.24) is 0 Å². The predicted molar refractivity (Wildman–Crippen MR) is 88.6 cm³/mol. The van der Waals surface area contributed by atoms with Crippen LogP contribution < -0.4 is 0 Å². The molecule has 0 aromatic heterocycles. The van der Waals surface area contributed by atoms with Crippen LogP contribution in [0.2, 0.25) is 0 Å². The quantitative estimate of drug-likeness (QED) is 0.625. The van der Waals surface area contributed by atoms with E-state index in [0.29, 0.717) is 5.56 Å². The van der Waals surface area contributed by atoms with Gasteiger partial charge in [0.25, 0.3) is 0 Å². The second-order valence-electron chi connectivity index (χ2n) is 6.12. The summed E-state index contributed by atoms with van der Waals surface area (Å²) in [4.78, 5) is 25.3. The average molecular weight is 308 g/mol. The van der Waals surface area contributed by atoms with Crippen LogP contribution in [0.3, 0.4) is 0 Å². The number of hydrogen-bond acceptors (Lipinski definition) is 3. The van der Waals surface area contributed by atoms with E-state index in [2.05, 4.69) is 6.92 Å². The molecule has 0 radical (unpaired) electrons. The summed E-state index contributed by atoms with van der Waals surface area (Å²) >= 11 is 0. The largest absolute Gasteiger partial charge is 0.468 e. The molecule has 3 heteroatoms. The summed E-state index contributed by atoms with van der Waals surface area (Å²) < 4.78 is 4.96. The lowest BCUT2D eigenvalue weighted by Crippen LogP contribution is -2.38. The maximum Gasteiger partial charge on any atom is 0.317 e. The topological polar surface area (TPSA) is 43.4 Å². The summed E-state index contributed by atoms with van der Waals surface area (Å²) in [5.41, 5.74) is 3.77. The van der Waals surface area contributed by atoms with E-state index in [9.17, 15) is 9.59 Å². The Morgan fingerprint density at radius 1 is 1.00 bits per heavy atom. The first-order chi connectivity index (χ1) is 11.1. The minimum absolute atomic E-state index is 0.0640. The molecule has 2 aromatic rings. The van der Waals surface area contributed by atoms with E-state index in [1.807, 2.05) is 49.4 Å². The monoisotopic (exact) mass is 308 g/mol. The van der Waals surface area contributed by atoms with Crippen LogP contribution in [0.1, 0.15) is 45.8 Å². The van der Waals surface area contributed by atoms with Crippen molar-refractivity contribution in [2.24, 2.45) is 5.92 Å². The van der Waals surface area contributed by atoms with Gasteiger partial charge in [0, 0.05) is 11.5 Å². The molecule has 3 nitrogen and oxygen atoms in total. The fourth-order valence-electron chi connectivity index (χ4n) is 3.72. The molecule has 0 heterocycles. The van der Waals surface area contributed by atoms with Gasteiger partial charge in [-0.1, -0.05) is 55.5 Å². The molecule has 0 N–H and O–H groups in total. The Balaban J connectivity index is 2.21. The van der Waals surface area contributed by atoms with E-state index in [1.165, 1.54) is 7.11 Å². The minimum Gasteiger partial charge on any atom is -0.468 e. The average Bonchev–Trinajstić information content (AvgIpc) is 2.58. The minimum atomic E-state index is -0.786. The Morgan fingerprint density at radius 2 is 1.61 bits per heavy atom. The highest BCUT2D eigenvalue weighted by Crippen LogP contribution is 2.46. The van der Waals surface area contributed by atoms with Crippen LogP contribution in [0.15, 0.2) is 48.5 Å². The molecule has 0 saturated heterocycles. The van der Waals surface area contributed by atoms with E-state index >= 15 is 0 Å². The van der Waals surface area contributed by atoms with Gasteiger partial charge in [-0.15, -0.1) is 0 Å². The van der Waals surface area contributed by atoms with Crippen LogP contribution in [0, 0.1) is 12.8 Å². The summed E-state index contributed by atoms with van der Waals surface area (Å²) in [7, 11) is 1.34. The van der Waals surface area contributed by atoms with Crippen molar-refractivity contribution in [2.45, 2.75) is 25.7 Å². The Labute approximate surface area is 136 Å². The highest BCUT2D eigenvalue weighted by Gasteiger charge is 2.45. The Kier molecular flexibility index (Phi) is 4.03. The second kappa shape index (κ2) is 5.99. The Morgan fingerprint density at radius 3 is 2.26 bits per heavy atom. The van der Waals surface area contributed by atoms with Crippen molar-refractivity contribution in [3.8, 4) is 0 Å². The molecular formula is C20H20O3. The molecule has 0 amide bonds. The number of fused-ring (bicyclic) bond motifs is 1. The Bertz CT molecular complexity index is 763. The van der Waals surface area contributed by atoms with E-state index in [0.717, 1.165) is 16.7 Å². The van der Waals surface area contributed by atoms with Crippen molar-refractivity contribution in [2.75, 3.05) is 7.11 Å². The van der Waals surface area contributed by atoms with Crippen molar-refractivity contribution in [3.63, 3.8) is 0 Å². The molecule has 3 rings (SSSR count). The number of rotatable bonds is 2. The summed E-state index contributed by atoms with van der Waals surface area (Å²) in [5, 5.41) is 0. The maximum atomic E-state index is 13.0. The number of esters is 1. The van der Waals surface area contributed by atoms with Gasteiger partial charge >= 0.3 is 5.97 Å². The molecule has 0 bridgehead atoms. The van der Waals surface area contributed by atoms with Gasteiger partial charge in [0.2, 0.25) is 0 Å². The number of benzene rings is 2. The Hall–Kier alpha value is -2.42. The first kappa shape index (κ1) is 15.5. The number of Topliss-reactive ketones (excluding diaryl/α,β-unsaturated/α-hetero) is 1. The fraction of sp³-hybridized carbons (Fsp3) is 0.300. The lowest BCUT2D eigenvalue weighted by molar-refractivity contribution is -0.144. The zero-order chi connectivity index (χ0) is 16.6. The van der Waals surface area contributed by atoms with E-state index in [1.54, 1.807) is 6.07 Å². The standard InChI is InChI=1S/C20H20O3/c1-12-8-4-5-9-14(12)17-13(2)15-10-6-7-11-16(15)19(21)18(17)20(22)23-3/h4-11,13,17-18H,1-3H3/t13-,17-,18+/m0/s1. The molecule has 1 aliphatic rings. The van der Waals surface area contributed by atoms with E-state index < -0.39 is 11.9 Å². The highest BCUT2D eigenvalue weighted by atomic mass is 16.5. The zero-order valence-corrected chi connectivity index (χ0v) is 13.6. The van der Waals surface area contributed by atoms with Crippen LogP contribution in [0.5, 0.6) is 0 Å². The predicted octanol–water partition coefficient (Wildman–Crippen LogP) is 3.87. The number of carbonyl (C=O) groups excluding carboxylic acids is 2. The van der Waals surface area contributed by atoms with E-state index in [4.69, 9.17) is 4.74 Å². The third kappa shape index (κ3) is 2.46. The number of ether oxygens (including phenoxy) is 1. The number of ketones is 1. The molecule has 118 valence electrons. The van der Waals surface area contributed by atoms with Crippen molar-refractivity contribution in [1.29, 1.82) is 0 Å². The van der Waals surface area contributed by atoms with Gasteiger partial charge in [-0.2, -0.15) is 0 Å². The number of aryl methyl sites for hydroxylation is 1. The molecule has 23 heavy (non-hydrogen) atoms. The van der Waals surface area contributed by atoms with Crippen LogP contribution in [0.4, 0.5) is 0 Å². The SMILES string of the molecule is COC(=O)[C@H]1C(=O)c2ccccc2[C@H](C)[C@H]1c1ccccc1C. The number of methoxy groups -OCH3 is 1. The van der Waals surface area contributed by atoms with Crippen molar-refractivity contribution >= 4 is 11.8 Å². The van der Waals surface area contributed by atoms with Crippen molar-refractivity contribution in [3.05, 3.63) is 70.8 Å². The summed E-state index contributed by atoms with van der Waals surface area (Å²) in [5.74, 6) is -1.52. The van der Waals surface area contributed by atoms with Crippen LogP contribution in [-0.2, 0) is 9.53 Å². The molecular weight excluding hydrogens is 288 g/mol. The molecule has 0 spiro atoms. The van der Waals surface area contributed by atoms with Crippen LogP contribution in [-0.4, -0.2) is 18.9 Å². The van der Waals surface area contributed by atoms with Gasteiger partial charge in [-0.25, -0.2) is 0 Å². The van der Waals surface area contributed by atoms with Crippen LogP contribution >= 0.6 is 0 Å². The summed E-state index contributed by atoms with van der Waals surface area (Å²) in [6.07, 6.45) is 0. The highest BCUT2D eigenvalue weighted by molar-refractivity contribution is 6.11. The molecule has 0 fully saturated rings. The van der Waals surface area contributed by atoms with Gasteiger partial charge in [-0.05, 0) is 29.5 Å². The van der Waals surface area contributed by atoms with Gasteiger partial charge in [0.05, 0.1) is 7.11 Å². The normalized spacial score (nSPS) is 23.3. The molecule has 0 unspecified atom stereocenters. The van der Waals surface area contributed by atoms with Gasteiger partial charge in [-0.3, -0.25) is 9.59 Å². The lowest BCUT2D eigenvalue weighted by Gasteiger charge is -2.36. The van der Waals surface area contributed by atoms with Gasteiger partial charge < -0.3 is 4.74 Å². The van der Waals surface area contributed by atoms with E-state index in [-0.39, 0.29) is 17.6 Å².